The van der Waals surface area contributed by atoms with Gasteiger partial charge in [0.05, 0.1) is 0 Å². The Morgan fingerprint density at radius 3 is 2.53 bits per heavy atom. The van der Waals surface area contributed by atoms with Crippen molar-refractivity contribution >= 4 is 23.7 Å². The van der Waals surface area contributed by atoms with E-state index in [4.69, 9.17) is 5.41 Å². The second-order valence-electron chi connectivity index (χ2n) is 3.15. The van der Waals surface area contributed by atoms with Gasteiger partial charge in [-0.15, -0.1) is 0 Å². The van der Waals surface area contributed by atoms with Gasteiger partial charge in [-0.2, -0.15) is 0 Å². The van der Waals surface area contributed by atoms with Gasteiger partial charge < -0.3 is 4.90 Å². The van der Waals surface area contributed by atoms with Crippen LogP contribution in [-0.2, 0) is 4.79 Å². The minimum Gasteiger partial charge on any atom is -0.353 e. The normalized spacial score (nSPS) is 9.80. The highest BCUT2D eigenvalue weighted by atomic mass is 32.2. The summed E-state index contributed by atoms with van der Waals surface area (Å²) in [6.07, 6.45) is 2.10. The molecule has 0 aliphatic heterocycles. The third-order valence-electron chi connectivity index (χ3n) is 2.00. The Hall–Kier alpha value is -0.710. The van der Waals surface area contributed by atoms with E-state index >= 15 is 0 Å². The van der Waals surface area contributed by atoms with Crippen LogP contribution in [0, 0.1) is 5.41 Å². The first-order valence-electron chi connectivity index (χ1n) is 5.42. The SMILES string of the molecule is CCCCN(CC)C(=N)C(=O)NSCC. The monoisotopic (exact) mass is 231 g/mol. The second kappa shape index (κ2) is 8.59. The number of likely N-dealkylation sites (N-methyl/N-ethyl adjacent to an activating group) is 1. The highest BCUT2D eigenvalue weighted by Gasteiger charge is 2.15. The Bertz CT molecular complexity index is 209. The number of nitrogens with zero attached hydrogens (tertiary/aromatic N) is 1. The molecule has 0 rings (SSSR count). The first-order valence-corrected chi connectivity index (χ1v) is 6.41. The summed E-state index contributed by atoms with van der Waals surface area (Å²) in [5.74, 6) is 0.604. The van der Waals surface area contributed by atoms with Crippen LogP contribution in [0.25, 0.3) is 0 Å². The molecule has 0 aromatic carbocycles. The summed E-state index contributed by atoms with van der Waals surface area (Å²) in [5, 5.41) is 7.71. The largest absolute Gasteiger partial charge is 0.353 e. The molecule has 15 heavy (non-hydrogen) atoms. The third kappa shape index (κ3) is 5.67. The Kier molecular flexibility index (Phi) is 8.18. The van der Waals surface area contributed by atoms with Crippen LogP contribution in [0.1, 0.15) is 33.6 Å². The van der Waals surface area contributed by atoms with Crippen molar-refractivity contribution < 1.29 is 4.79 Å². The van der Waals surface area contributed by atoms with Crippen LogP contribution >= 0.6 is 11.9 Å². The number of carbonyl (C=O) groups excluding carboxylic acids is 1. The molecule has 0 heterocycles. The molecule has 0 radical (unpaired) electrons. The lowest BCUT2D eigenvalue weighted by atomic mass is 10.3. The molecular formula is C10H21N3OS. The summed E-state index contributed by atoms with van der Waals surface area (Å²) in [6, 6.07) is 0. The fourth-order valence-electron chi connectivity index (χ4n) is 1.11. The molecule has 0 aromatic heterocycles. The zero-order valence-electron chi connectivity index (χ0n) is 9.80. The standard InChI is InChI=1S/C10H21N3OS/c1-4-7-8-13(5-2)9(11)10(14)12-15-6-3/h11H,4-8H2,1-3H3,(H,12,14). The number of unbranched alkanes of at least 4 members (excludes halogenated alkanes) is 1. The van der Waals surface area contributed by atoms with Crippen molar-refractivity contribution in [2.24, 2.45) is 0 Å². The topological polar surface area (TPSA) is 56.2 Å². The summed E-state index contributed by atoms with van der Waals surface area (Å²) in [4.78, 5) is 13.3. The maximum atomic E-state index is 11.5. The molecule has 5 heteroatoms. The summed E-state index contributed by atoms with van der Waals surface area (Å²) in [6.45, 7) is 7.53. The van der Waals surface area contributed by atoms with Crippen LogP contribution in [0.3, 0.4) is 0 Å². The molecule has 0 aliphatic carbocycles. The van der Waals surface area contributed by atoms with Crippen LogP contribution in [-0.4, -0.2) is 35.5 Å². The van der Waals surface area contributed by atoms with E-state index in [0.717, 1.165) is 25.1 Å². The summed E-state index contributed by atoms with van der Waals surface area (Å²) in [5.41, 5.74) is 0. The van der Waals surface area contributed by atoms with Gasteiger partial charge in [0.1, 0.15) is 0 Å². The summed E-state index contributed by atoms with van der Waals surface area (Å²) < 4.78 is 2.63. The molecule has 0 bridgehead atoms. The lowest BCUT2D eigenvalue weighted by molar-refractivity contribution is -0.113. The highest BCUT2D eigenvalue weighted by molar-refractivity contribution is 7.97. The van der Waals surface area contributed by atoms with Crippen molar-refractivity contribution in [1.82, 2.24) is 9.62 Å². The van der Waals surface area contributed by atoms with Crippen molar-refractivity contribution in [1.29, 1.82) is 5.41 Å². The highest BCUT2D eigenvalue weighted by Crippen LogP contribution is 1.98. The molecule has 0 atom stereocenters. The fourth-order valence-corrected chi connectivity index (χ4v) is 1.48. The first-order chi connectivity index (χ1) is 7.17. The van der Waals surface area contributed by atoms with Crippen molar-refractivity contribution in [2.45, 2.75) is 33.6 Å². The molecule has 88 valence electrons. The Balaban J connectivity index is 4.06. The van der Waals surface area contributed by atoms with Crippen molar-refractivity contribution in [2.75, 3.05) is 18.8 Å². The fraction of sp³-hybridized carbons (Fsp3) is 0.800. The predicted molar refractivity (Wildman–Crippen MR) is 66.2 cm³/mol. The average Bonchev–Trinajstić information content (AvgIpc) is 2.26. The molecule has 4 nitrogen and oxygen atoms in total. The van der Waals surface area contributed by atoms with Gasteiger partial charge in [0.2, 0.25) is 0 Å². The van der Waals surface area contributed by atoms with Gasteiger partial charge in [-0.05, 0) is 13.3 Å². The van der Waals surface area contributed by atoms with Crippen molar-refractivity contribution in [3.63, 3.8) is 0 Å². The molecule has 0 unspecified atom stereocenters. The minimum absolute atomic E-state index is 0.0758. The zero-order valence-corrected chi connectivity index (χ0v) is 10.6. The van der Waals surface area contributed by atoms with E-state index in [1.54, 1.807) is 4.90 Å². The van der Waals surface area contributed by atoms with Gasteiger partial charge in [-0.25, -0.2) is 0 Å². The zero-order chi connectivity index (χ0) is 11.7. The van der Waals surface area contributed by atoms with Crippen LogP contribution < -0.4 is 4.72 Å². The van der Waals surface area contributed by atoms with Gasteiger partial charge in [0.15, 0.2) is 5.84 Å². The van der Waals surface area contributed by atoms with Crippen molar-refractivity contribution in [3.05, 3.63) is 0 Å². The quantitative estimate of drug-likeness (QED) is 0.417. The van der Waals surface area contributed by atoms with Gasteiger partial charge in [-0.1, -0.05) is 32.2 Å². The molecule has 0 spiro atoms. The molecular weight excluding hydrogens is 210 g/mol. The van der Waals surface area contributed by atoms with Gasteiger partial charge >= 0.3 is 0 Å². The van der Waals surface area contributed by atoms with Crippen LogP contribution in [0.15, 0.2) is 0 Å². The van der Waals surface area contributed by atoms with Gasteiger partial charge in [0.25, 0.3) is 5.91 Å². The van der Waals surface area contributed by atoms with E-state index in [0.29, 0.717) is 6.54 Å². The maximum Gasteiger partial charge on any atom is 0.296 e. The molecule has 1 amide bonds. The van der Waals surface area contributed by atoms with E-state index in [9.17, 15) is 4.79 Å². The smallest absolute Gasteiger partial charge is 0.296 e. The van der Waals surface area contributed by atoms with Crippen molar-refractivity contribution in [3.8, 4) is 0 Å². The van der Waals surface area contributed by atoms with Gasteiger partial charge in [0, 0.05) is 18.8 Å². The van der Waals surface area contributed by atoms with E-state index in [2.05, 4.69) is 11.6 Å². The minimum atomic E-state index is -0.292. The molecule has 2 N–H and O–H groups in total. The molecule has 0 aliphatic rings. The second-order valence-corrected chi connectivity index (χ2v) is 4.22. The third-order valence-corrected chi connectivity index (χ3v) is 2.62. The summed E-state index contributed by atoms with van der Waals surface area (Å²) in [7, 11) is 0. The lowest BCUT2D eigenvalue weighted by Crippen LogP contribution is -2.41. The van der Waals surface area contributed by atoms with Gasteiger partial charge in [-0.3, -0.25) is 14.9 Å². The van der Waals surface area contributed by atoms with Crippen LogP contribution in [0.5, 0.6) is 0 Å². The van der Waals surface area contributed by atoms with Crippen LogP contribution in [0.4, 0.5) is 0 Å². The predicted octanol–water partition coefficient (Wildman–Crippen LogP) is 1.87. The number of amides is 1. The van der Waals surface area contributed by atoms with E-state index in [1.807, 2.05) is 13.8 Å². The average molecular weight is 231 g/mol. The number of rotatable bonds is 6. The number of hydrogen-bond donors (Lipinski definition) is 2. The number of carbonyl (C=O) groups is 1. The lowest BCUT2D eigenvalue weighted by Gasteiger charge is -2.22. The number of hydrogen-bond acceptors (Lipinski definition) is 3. The first kappa shape index (κ1) is 14.3. The molecule has 0 saturated carbocycles. The van der Waals surface area contributed by atoms with E-state index in [1.165, 1.54) is 11.9 Å². The Morgan fingerprint density at radius 2 is 2.07 bits per heavy atom. The Labute approximate surface area is 96.4 Å². The summed E-state index contributed by atoms with van der Waals surface area (Å²) >= 11 is 1.33. The van der Waals surface area contributed by atoms with Crippen LogP contribution in [0.2, 0.25) is 0 Å². The molecule has 0 aromatic rings. The molecule has 0 saturated heterocycles. The number of amidine groups is 1. The maximum absolute atomic E-state index is 11.5. The Morgan fingerprint density at radius 1 is 1.40 bits per heavy atom. The van der Waals surface area contributed by atoms with E-state index in [-0.39, 0.29) is 11.7 Å². The van der Waals surface area contributed by atoms with E-state index < -0.39 is 0 Å². The molecule has 0 fully saturated rings. The number of nitrogens with one attached hydrogen (secondary N) is 2.